The van der Waals surface area contributed by atoms with Crippen LogP contribution >= 0.6 is 0 Å². The molecule has 0 aromatic rings. The molecule has 0 amide bonds. The van der Waals surface area contributed by atoms with E-state index in [-0.39, 0.29) is 12.5 Å². The molecule has 0 spiro atoms. The summed E-state index contributed by atoms with van der Waals surface area (Å²) >= 11 is 0. The van der Waals surface area contributed by atoms with Crippen LogP contribution in [0.5, 0.6) is 0 Å². The van der Waals surface area contributed by atoms with Gasteiger partial charge in [0.15, 0.2) is 6.79 Å². The average Bonchev–Trinajstić information content (AvgIpc) is 2.06. The number of aliphatic hydroxyl groups is 1. The first-order valence-corrected chi connectivity index (χ1v) is 3.89. The number of ether oxygens (including phenoxy) is 2. The van der Waals surface area contributed by atoms with Gasteiger partial charge < -0.3 is 14.6 Å². The number of esters is 1. The highest BCUT2D eigenvalue weighted by molar-refractivity contribution is 5.71. The highest BCUT2D eigenvalue weighted by atomic mass is 16.6. The number of morpholine rings is 1. The Labute approximate surface area is 70.9 Å². The van der Waals surface area contributed by atoms with Crippen molar-refractivity contribution in [3.63, 3.8) is 0 Å². The van der Waals surface area contributed by atoms with Crippen molar-refractivity contribution in [2.75, 3.05) is 39.6 Å². The van der Waals surface area contributed by atoms with Crippen LogP contribution in [0.1, 0.15) is 0 Å². The monoisotopic (exact) mass is 175 g/mol. The van der Waals surface area contributed by atoms with Crippen LogP contribution in [0, 0.1) is 0 Å². The number of carbonyl (C=O) groups excluding carboxylic acids is 1. The van der Waals surface area contributed by atoms with Crippen molar-refractivity contribution < 1.29 is 19.4 Å². The van der Waals surface area contributed by atoms with E-state index in [2.05, 4.69) is 4.74 Å². The van der Waals surface area contributed by atoms with Gasteiger partial charge in [-0.05, 0) is 0 Å². The first kappa shape index (κ1) is 9.44. The van der Waals surface area contributed by atoms with Gasteiger partial charge in [-0.1, -0.05) is 0 Å². The number of carbonyl (C=O) groups is 1. The van der Waals surface area contributed by atoms with Crippen molar-refractivity contribution in [2.45, 2.75) is 0 Å². The quantitative estimate of drug-likeness (QED) is 0.432. The van der Waals surface area contributed by atoms with Crippen LogP contribution in [0.4, 0.5) is 0 Å². The third-order valence-corrected chi connectivity index (χ3v) is 1.68. The molecule has 1 saturated heterocycles. The Hall–Kier alpha value is -0.650. The molecule has 1 rings (SSSR count). The molecule has 0 aliphatic carbocycles. The fraction of sp³-hybridized carbons (Fsp3) is 0.857. The van der Waals surface area contributed by atoms with Gasteiger partial charge in [0.1, 0.15) is 0 Å². The van der Waals surface area contributed by atoms with Crippen molar-refractivity contribution in [1.82, 2.24) is 4.90 Å². The second kappa shape index (κ2) is 5.08. The van der Waals surface area contributed by atoms with E-state index in [0.29, 0.717) is 13.2 Å². The summed E-state index contributed by atoms with van der Waals surface area (Å²) in [6.45, 7) is 2.52. The second-order valence-electron chi connectivity index (χ2n) is 2.53. The molecule has 1 heterocycles. The van der Waals surface area contributed by atoms with E-state index in [1.165, 1.54) is 0 Å². The first-order chi connectivity index (χ1) is 5.83. The Morgan fingerprint density at radius 1 is 1.50 bits per heavy atom. The lowest BCUT2D eigenvalue weighted by molar-refractivity contribution is -0.153. The molecule has 1 N–H and O–H groups in total. The minimum absolute atomic E-state index is 0.240. The van der Waals surface area contributed by atoms with Crippen LogP contribution in [0.3, 0.4) is 0 Å². The molecule has 0 saturated carbocycles. The molecular weight excluding hydrogens is 162 g/mol. The van der Waals surface area contributed by atoms with Gasteiger partial charge in [0.2, 0.25) is 0 Å². The first-order valence-electron chi connectivity index (χ1n) is 3.89. The van der Waals surface area contributed by atoms with Gasteiger partial charge in [-0.15, -0.1) is 0 Å². The van der Waals surface area contributed by atoms with Gasteiger partial charge in [0.05, 0.1) is 19.8 Å². The van der Waals surface area contributed by atoms with Crippen molar-refractivity contribution >= 4 is 5.97 Å². The average molecular weight is 175 g/mol. The highest BCUT2D eigenvalue weighted by Crippen LogP contribution is 1.96. The number of aliphatic hydroxyl groups excluding tert-OH is 1. The Kier molecular flexibility index (Phi) is 3.99. The predicted molar refractivity (Wildman–Crippen MR) is 40.4 cm³/mol. The summed E-state index contributed by atoms with van der Waals surface area (Å²) < 4.78 is 9.48. The van der Waals surface area contributed by atoms with Crippen molar-refractivity contribution in [3.05, 3.63) is 0 Å². The molecule has 0 radical (unpaired) electrons. The lowest BCUT2D eigenvalue weighted by Gasteiger charge is -2.25. The fourth-order valence-corrected chi connectivity index (χ4v) is 1.06. The maximum Gasteiger partial charge on any atom is 0.322 e. The lowest BCUT2D eigenvalue weighted by atomic mass is 10.4. The summed E-state index contributed by atoms with van der Waals surface area (Å²) in [6.07, 6.45) is 0. The van der Waals surface area contributed by atoms with Crippen LogP contribution < -0.4 is 0 Å². The molecule has 12 heavy (non-hydrogen) atoms. The second-order valence-corrected chi connectivity index (χ2v) is 2.53. The molecule has 1 aliphatic heterocycles. The van der Waals surface area contributed by atoms with E-state index in [1.807, 2.05) is 4.90 Å². The standard InChI is InChI=1S/C7H13NO4/c9-6-12-7(10)5-8-1-3-11-4-2-8/h9H,1-6H2. The van der Waals surface area contributed by atoms with Crippen LogP contribution in [-0.2, 0) is 14.3 Å². The highest BCUT2D eigenvalue weighted by Gasteiger charge is 2.14. The van der Waals surface area contributed by atoms with Crippen LogP contribution in [0.25, 0.3) is 0 Å². The van der Waals surface area contributed by atoms with Crippen molar-refractivity contribution in [2.24, 2.45) is 0 Å². The van der Waals surface area contributed by atoms with Crippen molar-refractivity contribution in [3.8, 4) is 0 Å². The summed E-state index contributed by atoms with van der Waals surface area (Å²) in [6, 6.07) is 0. The van der Waals surface area contributed by atoms with Crippen LogP contribution in [0.2, 0.25) is 0 Å². The zero-order valence-electron chi connectivity index (χ0n) is 6.86. The van der Waals surface area contributed by atoms with Gasteiger partial charge in [0.25, 0.3) is 0 Å². The van der Waals surface area contributed by atoms with Gasteiger partial charge >= 0.3 is 5.97 Å². The molecule has 0 aromatic carbocycles. The van der Waals surface area contributed by atoms with Crippen molar-refractivity contribution in [1.29, 1.82) is 0 Å². The van der Waals surface area contributed by atoms with E-state index in [1.54, 1.807) is 0 Å². The fourth-order valence-electron chi connectivity index (χ4n) is 1.06. The molecule has 70 valence electrons. The number of hydrogen-bond acceptors (Lipinski definition) is 5. The number of nitrogens with zero attached hydrogens (tertiary/aromatic N) is 1. The molecule has 1 aliphatic rings. The summed E-state index contributed by atoms with van der Waals surface area (Å²) in [7, 11) is 0. The Balaban J connectivity index is 2.15. The number of hydrogen-bond donors (Lipinski definition) is 1. The van der Waals surface area contributed by atoms with E-state index >= 15 is 0 Å². The number of rotatable bonds is 3. The summed E-state index contributed by atoms with van der Waals surface area (Å²) in [5.41, 5.74) is 0. The zero-order valence-corrected chi connectivity index (χ0v) is 6.86. The van der Waals surface area contributed by atoms with E-state index in [4.69, 9.17) is 9.84 Å². The van der Waals surface area contributed by atoms with Crippen LogP contribution in [-0.4, -0.2) is 55.6 Å². The Morgan fingerprint density at radius 2 is 2.17 bits per heavy atom. The third-order valence-electron chi connectivity index (χ3n) is 1.68. The molecule has 0 bridgehead atoms. The van der Waals surface area contributed by atoms with E-state index < -0.39 is 6.79 Å². The van der Waals surface area contributed by atoms with Gasteiger partial charge in [-0.25, -0.2) is 0 Å². The third kappa shape index (κ3) is 3.17. The molecule has 0 atom stereocenters. The minimum Gasteiger partial charge on any atom is -0.438 e. The maximum atomic E-state index is 10.8. The lowest BCUT2D eigenvalue weighted by Crippen LogP contribution is -2.40. The molecule has 5 heteroatoms. The molecule has 0 aromatic heterocycles. The summed E-state index contributed by atoms with van der Waals surface area (Å²) in [5, 5.41) is 8.28. The molecule has 5 nitrogen and oxygen atoms in total. The molecule has 0 unspecified atom stereocenters. The predicted octanol–water partition coefficient (Wildman–Crippen LogP) is -1.19. The maximum absolute atomic E-state index is 10.8. The van der Waals surface area contributed by atoms with Gasteiger partial charge in [-0.2, -0.15) is 0 Å². The smallest absolute Gasteiger partial charge is 0.322 e. The van der Waals surface area contributed by atoms with E-state index in [0.717, 1.165) is 13.1 Å². The largest absolute Gasteiger partial charge is 0.438 e. The molecular formula is C7H13NO4. The topological polar surface area (TPSA) is 59.0 Å². The summed E-state index contributed by atoms with van der Waals surface area (Å²) in [5.74, 6) is -0.389. The van der Waals surface area contributed by atoms with E-state index in [9.17, 15) is 4.79 Å². The Morgan fingerprint density at radius 3 is 2.75 bits per heavy atom. The summed E-state index contributed by atoms with van der Waals surface area (Å²) in [4.78, 5) is 12.8. The van der Waals surface area contributed by atoms with Gasteiger partial charge in [-0.3, -0.25) is 9.69 Å². The van der Waals surface area contributed by atoms with Gasteiger partial charge in [0, 0.05) is 13.1 Å². The zero-order chi connectivity index (χ0) is 8.81. The Bertz CT molecular complexity index is 144. The SMILES string of the molecule is O=C(CN1CCOCC1)OCO. The normalized spacial score (nSPS) is 19.1. The minimum atomic E-state index is -0.539. The molecule has 1 fully saturated rings. The van der Waals surface area contributed by atoms with Crippen LogP contribution in [0.15, 0.2) is 0 Å².